The first-order chi connectivity index (χ1) is 14.5. The van der Waals surface area contributed by atoms with Crippen LogP contribution in [0, 0.1) is 0 Å². The number of aliphatic imine (C=N–C) groups is 1. The maximum absolute atomic E-state index is 10.6. The van der Waals surface area contributed by atoms with E-state index in [4.69, 9.17) is 0 Å². The molecule has 6 heteroatoms. The molecule has 6 nitrogen and oxygen atoms in total. The molecule has 2 N–H and O–H groups in total. The lowest BCUT2D eigenvalue weighted by molar-refractivity contribution is 0.160. The molecule has 2 aliphatic rings. The summed E-state index contributed by atoms with van der Waals surface area (Å²) in [5.41, 5.74) is 4.42. The zero-order chi connectivity index (χ0) is 22.4. The Morgan fingerprint density at radius 2 is 1.74 bits per heavy atom. The third kappa shape index (κ3) is 4.64. The second-order valence-electron chi connectivity index (χ2n) is 10.2. The molecule has 1 aromatic carbocycles. The molecule has 0 unspecified atom stereocenters. The Morgan fingerprint density at radius 3 is 2.29 bits per heavy atom. The van der Waals surface area contributed by atoms with Gasteiger partial charge in [-0.25, -0.2) is 0 Å². The maximum atomic E-state index is 10.6. The fraction of sp³-hybridized carbons (Fsp3) is 0.480. The lowest BCUT2D eigenvalue weighted by Gasteiger charge is -2.49. The fourth-order valence-electron chi connectivity index (χ4n) is 5.05. The SMILES string of the molecule is CC1=CCC(c2ccc(-c3ccc(N(C)C4CC(C)(C)NC(C)(C)C4)nn3)c(O)c2)=N1. The van der Waals surface area contributed by atoms with Crippen LogP contribution in [0.15, 0.2) is 47.1 Å². The molecule has 0 atom stereocenters. The van der Waals surface area contributed by atoms with E-state index in [9.17, 15) is 5.11 Å². The van der Waals surface area contributed by atoms with Crippen molar-refractivity contribution >= 4 is 11.5 Å². The van der Waals surface area contributed by atoms with Crippen LogP contribution in [0.4, 0.5) is 5.82 Å². The minimum atomic E-state index is 0.0687. The average Bonchev–Trinajstić information content (AvgIpc) is 3.11. The average molecular weight is 420 g/mol. The number of anilines is 1. The van der Waals surface area contributed by atoms with Crippen LogP contribution in [-0.4, -0.2) is 45.2 Å². The minimum Gasteiger partial charge on any atom is -0.507 e. The molecule has 0 bridgehead atoms. The Labute approximate surface area is 185 Å². The van der Waals surface area contributed by atoms with Gasteiger partial charge in [0.25, 0.3) is 0 Å². The van der Waals surface area contributed by atoms with Crippen LogP contribution in [0.25, 0.3) is 11.3 Å². The van der Waals surface area contributed by atoms with Gasteiger partial charge in [-0.15, -0.1) is 10.2 Å². The van der Waals surface area contributed by atoms with Crippen LogP contribution in [0.5, 0.6) is 5.75 Å². The van der Waals surface area contributed by atoms with Gasteiger partial charge in [0, 0.05) is 41.8 Å². The lowest BCUT2D eigenvalue weighted by atomic mass is 9.79. The number of piperidine rings is 1. The topological polar surface area (TPSA) is 73.6 Å². The summed E-state index contributed by atoms with van der Waals surface area (Å²) in [7, 11) is 2.09. The first kappa shape index (κ1) is 21.5. The molecule has 0 saturated carbocycles. The number of benzene rings is 1. The highest BCUT2D eigenvalue weighted by atomic mass is 16.3. The van der Waals surface area contributed by atoms with Gasteiger partial charge in [0.05, 0.1) is 11.4 Å². The van der Waals surface area contributed by atoms with Gasteiger partial charge >= 0.3 is 0 Å². The molecule has 0 aliphatic carbocycles. The van der Waals surface area contributed by atoms with Crippen molar-refractivity contribution in [2.24, 2.45) is 4.99 Å². The van der Waals surface area contributed by atoms with E-state index in [1.807, 2.05) is 31.2 Å². The molecule has 0 radical (unpaired) electrons. The molecule has 31 heavy (non-hydrogen) atoms. The van der Waals surface area contributed by atoms with Crippen molar-refractivity contribution in [2.75, 3.05) is 11.9 Å². The Bertz CT molecular complexity index is 1020. The van der Waals surface area contributed by atoms with E-state index in [-0.39, 0.29) is 16.8 Å². The highest BCUT2D eigenvalue weighted by Crippen LogP contribution is 2.34. The highest BCUT2D eigenvalue weighted by Gasteiger charge is 2.39. The molecule has 3 heterocycles. The zero-order valence-electron chi connectivity index (χ0n) is 19.4. The van der Waals surface area contributed by atoms with E-state index >= 15 is 0 Å². The van der Waals surface area contributed by atoms with Gasteiger partial charge in [0.2, 0.25) is 0 Å². The molecular formula is C25H33N5O. The van der Waals surface area contributed by atoms with E-state index in [2.05, 4.69) is 66.2 Å². The second-order valence-corrected chi connectivity index (χ2v) is 10.2. The van der Waals surface area contributed by atoms with Gasteiger partial charge in [-0.05, 0) is 77.3 Å². The van der Waals surface area contributed by atoms with Gasteiger partial charge in [-0.3, -0.25) is 4.99 Å². The second kappa shape index (κ2) is 7.75. The summed E-state index contributed by atoms with van der Waals surface area (Å²) in [6.45, 7) is 11.0. The predicted octanol–water partition coefficient (Wildman–Crippen LogP) is 4.69. The number of aromatic hydroxyl groups is 1. The third-order valence-corrected chi connectivity index (χ3v) is 6.24. The van der Waals surface area contributed by atoms with E-state index in [0.717, 1.165) is 42.1 Å². The molecule has 0 spiro atoms. The Balaban J connectivity index is 1.52. The smallest absolute Gasteiger partial charge is 0.151 e. The zero-order valence-corrected chi connectivity index (χ0v) is 19.4. The van der Waals surface area contributed by atoms with Crippen LogP contribution in [-0.2, 0) is 0 Å². The monoisotopic (exact) mass is 419 g/mol. The molecule has 2 aromatic rings. The number of phenolic OH excluding ortho intramolecular Hbond substituents is 1. The van der Waals surface area contributed by atoms with Gasteiger partial charge in [-0.2, -0.15) is 0 Å². The van der Waals surface area contributed by atoms with E-state index in [1.165, 1.54) is 0 Å². The maximum Gasteiger partial charge on any atom is 0.151 e. The molecular weight excluding hydrogens is 386 g/mol. The summed E-state index contributed by atoms with van der Waals surface area (Å²) < 4.78 is 0. The number of rotatable bonds is 4. The fourth-order valence-corrected chi connectivity index (χ4v) is 5.05. The quantitative estimate of drug-likeness (QED) is 0.752. The molecule has 1 aromatic heterocycles. The summed E-state index contributed by atoms with van der Waals surface area (Å²) in [5.74, 6) is 1.04. The number of hydrogen-bond donors (Lipinski definition) is 2. The number of aromatic nitrogens is 2. The highest BCUT2D eigenvalue weighted by molar-refractivity contribution is 6.04. The summed E-state index contributed by atoms with van der Waals surface area (Å²) in [5, 5.41) is 23.3. The first-order valence-corrected chi connectivity index (χ1v) is 11.0. The van der Waals surface area contributed by atoms with Crippen molar-refractivity contribution in [2.45, 2.75) is 71.0 Å². The normalized spacial score (nSPS) is 20.3. The van der Waals surface area contributed by atoms with Crippen molar-refractivity contribution in [3.8, 4) is 17.0 Å². The van der Waals surface area contributed by atoms with Gasteiger partial charge in [0.15, 0.2) is 5.82 Å². The Morgan fingerprint density at radius 1 is 1.03 bits per heavy atom. The van der Waals surface area contributed by atoms with Gasteiger partial charge < -0.3 is 15.3 Å². The van der Waals surface area contributed by atoms with E-state index in [0.29, 0.717) is 17.3 Å². The van der Waals surface area contributed by atoms with E-state index < -0.39 is 0 Å². The number of nitrogens with zero attached hydrogens (tertiary/aromatic N) is 4. The molecule has 164 valence electrons. The third-order valence-electron chi connectivity index (χ3n) is 6.24. The summed E-state index contributed by atoms with van der Waals surface area (Å²) in [4.78, 5) is 6.76. The number of allylic oxidation sites excluding steroid dienone is 2. The predicted molar refractivity (Wildman–Crippen MR) is 127 cm³/mol. The van der Waals surface area contributed by atoms with Gasteiger partial charge in [-0.1, -0.05) is 12.1 Å². The van der Waals surface area contributed by atoms with Crippen LogP contribution in [0.3, 0.4) is 0 Å². The number of hydrogen-bond acceptors (Lipinski definition) is 6. The summed E-state index contributed by atoms with van der Waals surface area (Å²) in [6, 6.07) is 9.95. The Kier molecular flexibility index (Phi) is 5.38. The number of nitrogens with one attached hydrogen (secondary N) is 1. The molecule has 1 fully saturated rings. The lowest BCUT2D eigenvalue weighted by Crippen LogP contribution is -2.62. The van der Waals surface area contributed by atoms with Crippen molar-refractivity contribution in [3.63, 3.8) is 0 Å². The largest absolute Gasteiger partial charge is 0.507 e. The van der Waals surface area contributed by atoms with Crippen molar-refractivity contribution in [1.29, 1.82) is 0 Å². The minimum absolute atomic E-state index is 0.0687. The van der Waals surface area contributed by atoms with Crippen LogP contribution < -0.4 is 10.2 Å². The van der Waals surface area contributed by atoms with Crippen molar-refractivity contribution in [3.05, 3.63) is 47.7 Å². The molecule has 1 saturated heterocycles. The summed E-state index contributed by atoms with van der Waals surface area (Å²) in [6.07, 6.45) is 4.97. The summed E-state index contributed by atoms with van der Waals surface area (Å²) >= 11 is 0. The van der Waals surface area contributed by atoms with Crippen molar-refractivity contribution < 1.29 is 5.11 Å². The Hall–Kier alpha value is -2.73. The molecule has 4 rings (SSSR count). The standard InChI is InChI=1S/C25H33N5O/c1-16-7-10-20(26-16)17-8-9-19(22(31)13-17)21-11-12-23(28-27-21)30(6)18-14-24(2,3)29-25(4,5)15-18/h7-9,11-13,18,29,31H,10,14-15H2,1-6H3. The van der Waals surface area contributed by atoms with Crippen molar-refractivity contribution in [1.82, 2.24) is 15.5 Å². The van der Waals surface area contributed by atoms with Crippen LogP contribution in [0.2, 0.25) is 0 Å². The molecule has 2 aliphatic heterocycles. The van der Waals surface area contributed by atoms with Crippen LogP contribution in [0.1, 0.15) is 59.4 Å². The molecule has 0 amide bonds. The van der Waals surface area contributed by atoms with Crippen LogP contribution >= 0.6 is 0 Å². The first-order valence-electron chi connectivity index (χ1n) is 11.0. The van der Waals surface area contributed by atoms with E-state index in [1.54, 1.807) is 6.07 Å². The van der Waals surface area contributed by atoms with Gasteiger partial charge in [0.1, 0.15) is 5.75 Å². The number of phenols is 1.